The number of amides is 1. The van der Waals surface area contributed by atoms with Crippen LogP contribution in [0.25, 0.3) is 10.8 Å². The molecular formula is C23H27N3O3. The lowest BCUT2D eigenvalue weighted by Gasteiger charge is -2.13. The van der Waals surface area contributed by atoms with Gasteiger partial charge < -0.3 is 19.5 Å². The van der Waals surface area contributed by atoms with Crippen LogP contribution >= 0.6 is 0 Å². The van der Waals surface area contributed by atoms with Crippen LogP contribution in [-0.2, 0) is 17.8 Å². The zero-order valence-electron chi connectivity index (χ0n) is 17.1. The number of para-hydroxylation sites is 1. The Morgan fingerprint density at radius 1 is 1.07 bits per heavy atom. The van der Waals surface area contributed by atoms with Crippen molar-refractivity contribution in [3.05, 3.63) is 70.6 Å². The second kappa shape index (κ2) is 9.39. The topological polar surface area (TPSA) is 63.6 Å². The van der Waals surface area contributed by atoms with Crippen LogP contribution in [-0.4, -0.2) is 43.1 Å². The van der Waals surface area contributed by atoms with Crippen LogP contribution in [0.1, 0.15) is 12.0 Å². The number of nitrogens with zero attached hydrogens (tertiary/aromatic N) is 2. The van der Waals surface area contributed by atoms with Gasteiger partial charge in [-0.15, -0.1) is 0 Å². The van der Waals surface area contributed by atoms with Crippen LogP contribution in [0.5, 0.6) is 5.75 Å². The van der Waals surface area contributed by atoms with Crippen LogP contribution in [0, 0.1) is 0 Å². The van der Waals surface area contributed by atoms with Gasteiger partial charge in [-0.3, -0.25) is 9.59 Å². The first-order chi connectivity index (χ1) is 14.0. The van der Waals surface area contributed by atoms with E-state index < -0.39 is 0 Å². The predicted octanol–water partition coefficient (Wildman–Crippen LogP) is 3.14. The largest absolute Gasteiger partial charge is 0.496 e. The second-order valence-corrected chi connectivity index (χ2v) is 7.24. The molecule has 2 aromatic carbocycles. The van der Waals surface area contributed by atoms with Gasteiger partial charge in [0.15, 0.2) is 0 Å². The third-order valence-electron chi connectivity index (χ3n) is 4.89. The Hall–Kier alpha value is -3.12. The molecule has 0 saturated heterocycles. The summed E-state index contributed by atoms with van der Waals surface area (Å²) in [5.41, 5.74) is 1.60. The molecular weight excluding hydrogens is 366 g/mol. The summed E-state index contributed by atoms with van der Waals surface area (Å²) in [6.07, 6.45) is 2.70. The Kier molecular flexibility index (Phi) is 6.67. The fourth-order valence-electron chi connectivity index (χ4n) is 3.28. The first kappa shape index (κ1) is 20.6. The number of rotatable bonds is 8. The van der Waals surface area contributed by atoms with Crippen LogP contribution < -0.4 is 15.6 Å². The highest BCUT2D eigenvalue weighted by atomic mass is 16.5. The quantitative estimate of drug-likeness (QED) is 0.639. The lowest BCUT2D eigenvalue weighted by Crippen LogP contribution is -2.26. The van der Waals surface area contributed by atoms with Crippen molar-refractivity contribution in [2.24, 2.45) is 0 Å². The zero-order valence-corrected chi connectivity index (χ0v) is 17.1. The number of anilines is 1. The van der Waals surface area contributed by atoms with E-state index in [4.69, 9.17) is 4.74 Å². The number of nitrogens with one attached hydrogen (secondary N) is 1. The number of aromatic nitrogens is 1. The van der Waals surface area contributed by atoms with Crippen LogP contribution in [0.2, 0.25) is 0 Å². The number of ether oxygens (including phenoxy) is 1. The van der Waals surface area contributed by atoms with E-state index in [2.05, 4.69) is 5.32 Å². The number of carbonyl (C=O) groups excluding carboxylic acids is 1. The van der Waals surface area contributed by atoms with Crippen molar-refractivity contribution < 1.29 is 9.53 Å². The molecule has 0 atom stereocenters. The molecule has 3 aromatic rings. The van der Waals surface area contributed by atoms with Crippen LogP contribution in [0.3, 0.4) is 0 Å². The van der Waals surface area contributed by atoms with Gasteiger partial charge in [0.2, 0.25) is 5.91 Å². The van der Waals surface area contributed by atoms with E-state index in [1.807, 2.05) is 55.4 Å². The van der Waals surface area contributed by atoms with Gasteiger partial charge in [0, 0.05) is 42.2 Å². The molecule has 0 unspecified atom stereocenters. The number of hydrogen-bond donors (Lipinski definition) is 1. The van der Waals surface area contributed by atoms with E-state index in [9.17, 15) is 9.59 Å². The molecule has 0 aliphatic rings. The minimum atomic E-state index is -0.0970. The molecule has 29 heavy (non-hydrogen) atoms. The summed E-state index contributed by atoms with van der Waals surface area (Å²) in [5, 5.41) is 4.31. The summed E-state index contributed by atoms with van der Waals surface area (Å²) in [7, 11) is 5.58. The molecule has 1 heterocycles. The molecule has 6 heteroatoms. The number of methoxy groups -OCH3 is 1. The molecule has 3 rings (SSSR count). The normalized spacial score (nSPS) is 11.0. The van der Waals surface area contributed by atoms with E-state index in [1.165, 1.54) is 0 Å². The number of likely N-dealkylation sites (N-methyl/N-ethyl adjacent to an activating group) is 1. The summed E-state index contributed by atoms with van der Waals surface area (Å²) < 4.78 is 7.04. The maximum Gasteiger partial charge on any atom is 0.258 e. The Labute approximate surface area is 170 Å². The predicted molar refractivity (Wildman–Crippen MR) is 117 cm³/mol. The molecule has 0 radical (unpaired) electrons. The second-order valence-electron chi connectivity index (χ2n) is 7.24. The molecule has 152 valence electrons. The fraction of sp³-hybridized carbons (Fsp3) is 0.304. The number of aryl methyl sites for hydroxylation is 1. The average Bonchev–Trinajstić information content (AvgIpc) is 2.72. The average molecular weight is 393 g/mol. The maximum absolute atomic E-state index is 12.8. The third-order valence-corrected chi connectivity index (χ3v) is 4.89. The van der Waals surface area contributed by atoms with Crippen LogP contribution in [0.15, 0.2) is 59.5 Å². The molecule has 0 aliphatic carbocycles. The maximum atomic E-state index is 12.8. The minimum Gasteiger partial charge on any atom is -0.496 e. The fourth-order valence-corrected chi connectivity index (χ4v) is 3.28. The lowest BCUT2D eigenvalue weighted by molar-refractivity contribution is -0.116. The van der Waals surface area contributed by atoms with Gasteiger partial charge in [-0.1, -0.05) is 24.3 Å². The van der Waals surface area contributed by atoms with Crippen LogP contribution in [0.4, 0.5) is 5.69 Å². The molecule has 1 aromatic heterocycles. The first-order valence-electron chi connectivity index (χ1n) is 9.68. The van der Waals surface area contributed by atoms with Crippen molar-refractivity contribution in [3.63, 3.8) is 0 Å². The van der Waals surface area contributed by atoms with Crippen molar-refractivity contribution in [1.29, 1.82) is 0 Å². The summed E-state index contributed by atoms with van der Waals surface area (Å²) in [6.45, 7) is 1.40. The summed E-state index contributed by atoms with van der Waals surface area (Å²) >= 11 is 0. The van der Waals surface area contributed by atoms with Crippen molar-refractivity contribution in [1.82, 2.24) is 9.47 Å². The van der Waals surface area contributed by atoms with Gasteiger partial charge in [-0.2, -0.15) is 0 Å². The van der Waals surface area contributed by atoms with Crippen molar-refractivity contribution in [2.75, 3.05) is 33.1 Å². The molecule has 1 N–H and O–H groups in total. The number of carbonyl (C=O) groups is 1. The molecule has 1 amide bonds. The number of benzene rings is 2. The standard InChI is InChI=1S/C23H27N3O3/c1-25(2)15-16-26-14-13-18-19(23(26)28)8-6-9-20(18)24-22(27)12-11-17-7-4-5-10-21(17)29-3/h4-10,13-14H,11-12,15-16H2,1-3H3,(H,24,27). The van der Waals surface area contributed by atoms with E-state index in [0.717, 1.165) is 23.2 Å². The first-order valence-corrected chi connectivity index (χ1v) is 9.68. The number of hydrogen-bond acceptors (Lipinski definition) is 4. The summed E-state index contributed by atoms with van der Waals surface area (Å²) in [6, 6.07) is 15.0. The molecule has 0 saturated carbocycles. The van der Waals surface area contributed by atoms with Gasteiger partial charge in [0.1, 0.15) is 5.75 Å². The SMILES string of the molecule is COc1ccccc1CCC(=O)Nc1cccc2c(=O)n(CCN(C)C)ccc12. The van der Waals surface area contributed by atoms with E-state index in [1.54, 1.807) is 30.0 Å². The van der Waals surface area contributed by atoms with Crippen molar-refractivity contribution >= 4 is 22.4 Å². The highest BCUT2D eigenvalue weighted by Gasteiger charge is 2.11. The van der Waals surface area contributed by atoms with E-state index >= 15 is 0 Å². The van der Waals surface area contributed by atoms with E-state index in [-0.39, 0.29) is 11.5 Å². The number of fused-ring (bicyclic) bond motifs is 1. The van der Waals surface area contributed by atoms with Crippen molar-refractivity contribution in [3.8, 4) is 5.75 Å². The Balaban J connectivity index is 1.75. The molecule has 6 nitrogen and oxygen atoms in total. The Morgan fingerprint density at radius 3 is 2.62 bits per heavy atom. The van der Waals surface area contributed by atoms with Gasteiger partial charge in [0.25, 0.3) is 5.56 Å². The zero-order chi connectivity index (χ0) is 20.8. The molecule has 0 bridgehead atoms. The molecule has 0 fully saturated rings. The lowest BCUT2D eigenvalue weighted by atomic mass is 10.1. The van der Waals surface area contributed by atoms with Gasteiger partial charge in [-0.05, 0) is 50.3 Å². The third kappa shape index (κ3) is 5.03. The summed E-state index contributed by atoms with van der Waals surface area (Å²) in [5.74, 6) is 0.684. The summed E-state index contributed by atoms with van der Waals surface area (Å²) in [4.78, 5) is 27.3. The van der Waals surface area contributed by atoms with E-state index in [0.29, 0.717) is 30.5 Å². The smallest absolute Gasteiger partial charge is 0.258 e. The van der Waals surface area contributed by atoms with Crippen molar-refractivity contribution in [2.45, 2.75) is 19.4 Å². The molecule has 0 spiro atoms. The monoisotopic (exact) mass is 393 g/mol. The number of pyridine rings is 1. The Morgan fingerprint density at radius 2 is 1.86 bits per heavy atom. The van der Waals surface area contributed by atoms with Gasteiger partial charge >= 0.3 is 0 Å². The van der Waals surface area contributed by atoms with Gasteiger partial charge in [0.05, 0.1) is 7.11 Å². The highest BCUT2D eigenvalue weighted by molar-refractivity contribution is 6.01. The molecule has 0 aliphatic heterocycles. The highest BCUT2D eigenvalue weighted by Crippen LogP contribution is 2.22. The Bertz CT molecular complexity index is 1060. The van der Waals surface area contributed by atoms with Gasteiger partial charge in [-0.25, -0.2) is 0 Å². The minimum absolute atomic E-state index is 0.0468.